The molecule has 0 spiro atoms. The molecule has 3 aromatic carbocycles. The molecule has 1 fully saturated rings. The summed E-state index contributed by atoms with van der Waals surface area (Å²) in [5.74, 6) is 0.0896. The van der Waals surface area contributed by atoms with Crippen LogP contribution >= 0.6 is 11.6 Å². The average Bonchev–Trinajstić information content (AvgIpc) is 3.01. The van der Waals surface area contributed by atoms with E-state index in [4.69, 9.17) is 21.3 Å². The van der Waals surface area contributed by atoms with Crippen LogP contribution in [0.3, 0.4) is 0 Å². The number of ether oxygens (including phenoxy) is 1. The van der Waals surface area contributed by atoms with E-state index in [9.17, 15) is 18.0 Å². The van der Waals surface area contributed by atoms with Crippen LogP contribution in [0.4, 0.5) is 41.0 Å². The normalized spacial score (nSPS) is 15.5. The summed E-state index contributed by atoms with van der Waals surface area (Å²) in [5.41, 5.74) is 5.27. The Hall–Kier alpha value is -4.35. The van der Waals surface area contributed by atoms with Gasteiger partial charge in [-0.15, -0.1) is 0 Å². The van der Waals surface area contributed by atoms with Gasteiger partial charge in [-0.05, 0) is 93.9 Å². The number of anilines is 4. The molecule has 0 bridgehead atoms. The molecular formula is C34H36ClF3N6O2. The molecule has 1 N–H and O–H groups in total. The maximum Gasteiger partial charge on any atom is 0.420 e. The van der Waals surface area contributed by atoms with Crippen LogP contribution in [0.15, 0.2) is 60.7 Å². The van der Waals surface area contributed by atoms with Gasteiger partial charge in [0.15, 0.2) is 0 Å². The lowest BCUT2D eigenvalue weighted by Crippen LogP contribution is -2.50. The van der Waals surface area contributed by atoms with Crippen molar-refractivity contribution in [2.45, 2.75) is 39.9 Å². The quantitative estimate of drug-likeness (QED) is 0.225. The van der Waals surface area contributed by atoms with Crippen LogP contribution in [0, 0.1) is 20.8 Å². The van der Waals surface area contributed by atoms with Crippen LogP contribution in [0.25, 0.3) is 11.3 Å². The second-order valence-electron chi connectivity index (χ2n) is 11.6. The Morgan fingerprint density at radius 3 is 2.39 bits per heavy atom. The van der Waals surface area contributed by atoms with E-state index >= 15 is 0 Å². The number of aromatic nitrogens is 2. The number of hydrogen-bond acceptors (Lipinski definition) is 7. The molecular weight excluding hydrogens is 617 g/mol. The van der Waals surface area contributed by atoms with Crippen molar-refractivity contribution in [3.63, 3.8) is 0 Å². The molecule has 5 rings (SSSR count). The summed E-state index contributed by atoms with van der Waals surface area (Å²) >= 11 is 6.17. The summed E-state index contributed by atoms with van der Waals surface area (Å²) in [5, 5.41) is 3.17. The van der Waals surface area contributed by atoms with Crippen molar-refractivity contribution in [2.75, 3.05) is 48.8 Å². The number of nitrogens with one attached hydrogen (secondary N) is 1. The number of nitrogens with zero attached hydrogens (tertiary/aromatic N) is 5. The third kappa shape index (κ3) is 7.21. The fourth-order valence-corrected chi connectivity index (χ4v) is 5.52. The minimum absolute atomic E-state index is 0.0431. The van der Waals surface area contributed by atoms with E-state index in [1.165, 1.54) is 13.1 Å². The zero-order chi connectivity index (χ0) is 33.3. The van der Waals surface area contributed by atoms with Gasteiger partial charge in [-0.25, -0.2) is 9.78 Å². The molecule has 242 valence electrons. The standard InChI is InChI=1S/C34H36ClF3N6O2/c1-20-7-13-27(23(4)22(20)3)29-18-31(46-33(45)43(6)30-17-24(34(36,37)38)8-14-28(30)35)41-32(40-29)39-25-9-11-26(12-10-25)44-16-15-42(5)21(2)19-44/h7-14,17-18,21H,15-16,19H2,1-6H3,(H,39,40,41). The number of carbonyl (C=O) groups is 1. The molecule has 1 saturated heterocycles. The first-order valence-corrected chi connectivity index (χ1v) is 15.2. The number of benzene rings is 3. The monoisotopic (exact) mass is 652 g/mol. The van der Waals surface area contributed by atoms with Crippen molar-refractivity contribution in [3.8, 4) is 17.1 Å². The van der Waals surface area contributed by atoms with Gasteiger partial charge in [-0.2, -0.15) is 18.2 Å². The van der Waals surface area contributed by atoms with Crippen LogP contribution in [-0.4, -0.2) is 60.7 Å². The Bertz CT molecular complexity index is 1750. The molecule has 12 heteroatoms. The Balaban J connectivity index is 1.45. The largest absolute Gasteiger partial charge is 0.420 e. The Morgan fingerprint density at radius 2 is 1.72 bits per heavy atom. The topological polar surface area (TPSA) is 73.8 Å². The zero-order valence-corrected chi connectivity index (χ0v) is 27.3. The molecule has 1 atom stereocenters. The van der Waals surface area contributed by atoms with Crippen molar-refractivity contribution in [2.24, 2.45) is 0 Å². The van der Waals surface area contributed by atoms with Gasteiger partial charge in [-0.3, -0.25) is 4.90 Å². The van der Waals surface area contributed by atoms with Gasteiger partial charge >= 0.3 is 12.3 Å². The summed E-state index contributed by atoms with van der Waals surface area (Å²) < 4.78 is 45.7. The number of aryl methyl sites for hydroxylation is 1. The molecule has 1 aliphatic rings. The molecule has 1 aliphatic heterocycles. The summed E-state index contributed by atoms with van der Waals surface area (Å²) in [6, 6.07) is 16.6. The highest BCUT2D eigenvalue weighted by molar-refractivity contribution is 6.33. The minimum atomic E-state index is -4.61. The predicted octanol–water partition coefficient (Wildman–Crippen LogP) is 8.26. The lowest BCUT2D eigenvalue weighted by Gasteiger charge is -2.39. The third-order valence-corrected chi connectivity index (χ3v) is 8.91. The van der Waals surface area contributed by atoms with Crippen LogP contribution in [0.5, 0.6) is 5.88 Å². The van der Waals surface area contributed by atoms with Crippen molar-refractivity contribution < 1.29 is 22.7 Å². The molecule has 1 amide bonds. The van der Waals surface area contributed by atoms with Gasteiger partial charge in [-0.1, -0.05) is 23.7 Å². The first-order valence-electron chi connectivity index (χ1n) is 14.8. The number of hydrogen-bond donors (Lipinski definition) is 1. The first-order chi connectivity index (χ1) is 21.7. The molecule has 4 aromatic rings. The molecule has 46 heavy (non-hydrogen) atoms. The molecule has 0 aliphatic carbocycles. The highest BCUT2D eigenvalue weighted by Gasteiger charge is 2.32. The maximum absolute atomic E-state index is 13.4. The van der Waals surface area contributed by atoms with Crippen molar-refractivity contribution in [1.29, 1.82) is 0 Å². The van der Waals surface area contributed by atoms with Crippen molar-refractivity contribution in [1.82, 2.24) is 14.9 Å². The zero-order valence-electron chi connectivity index (χ0n) is 26.5. The third-order valence-electron chi connectivity index (χ3n) is 8.59. The van der Waals surface area contributed by atoms with E-state index in [1.807, 2.05) is 57.2 Å². The van der Waals surface area contributed by atoms with E-state index in [0.29, 0.717) is 11.7 Å². The fourth-order valence-electron chi connectivity index (χ4n) is 5.27. The van der Waals surface area contributed by atoms with Gasteiger partial charge in [0.25, 0.3) is 0 Å². The summed E-state index contributed by atoms with van der Waals surface area (Å²) in [4.78, 5) is 28.0. The maximum atomic E-state index is 13.4. The molecule has 8 nitrogen and oxygen atoms in total. The predicted molar refractivity (Wildman–Crippen MR) is 177 cm³/mol. The van der Waals surface area contributed by atoms with Crippen LogP contribution < -0.4 is 19.9 Å². The number of carbonyl (C=O) groups excluding carboxylic acids is 1. The molecule has 0 radical (unpaired) electrons. The van der Waals surface area contributed by atoms with Gasteiger partial charge in [0, 0.05) is 55.7 Å². The Labute approximate surface area is 271 Å². The number of halogens is 4. The summed E-state index contributed by atoms with van der Waals surface area (Å²) in [6.07, 6.45) is -5.59. The van der Waals surface area contributed by atoms with Crippen molar-refractivity contribution in [3.05, 3.63) is 87.9 Å². The van der Waals surface area contributed by atoms with Crippen LogP contribution in [-0.2, 0) is 6.18 Å². The van der Waals surface area contributed by atoms with Crippen molar-refractivity contribution >= 4 is 40.7 Å². The van der Waals surface area contributed by atoms with E-state index < -0.39 is 17.8 Å². The summed E-state index contributed by atoms with van der Waals surface area (Å²) in [7, 11) is 3.41. The smallest absolute Gasteiger partial charge is 0.391 e. The first kappa shape index (κ1) is 33.0. The van der Waals surface area contributed by atoms with Gasteiger partial charge in [0.1, 0.15) is 0 Å². The number of likely N-dealkylation sites (N-methyl/N-ethyl adjacent to an activating group) is 1. The molecule has 0 saturated carbocycles. The SMILES string of the molecule is Cc1ccc(-c2cc(OC(=O)N(C)c3cc(C(F)(F)F)ccc3Cl)nc(Nc3ccc(N4CCN(C)C(C)C4)cc3)n2)c(C)c1C. The van der Waals surface area contributed by atoms with E-state index in [0.717, 1.165) is 76.4 Å². The minimum Gasteiger partial charge on any atom is -0.391 e. The van der Waals surface area contributed by atoms with E-state index in [1.54, 1.807) is 0 Å². The number of alkyl halides is 3. The second-order valence-corrected chi connectivity index (χ2v) is 12.0. The van der Waals surface area contributed by atoms with Gasteiger partial charge in [0.2, 0.25) is 11.8 Å². The molecule has 2 heterocycles. The van der Waals surface area contributed by atoms with Gasteiger partial charge < -0.3 is 19.9 Å². The average molecular weight is 653 g/mol. The van der Waals surface area contributed by atoms with Crippen LogP contribution in [0.1, 0.15) is 29.2 Å². The summed E-state index contributed by atoms with van der Waals surface area (Å²) in [6.45, 7) is 11.1. The molecule has 1 aromatic heterocycles. The highest BCUT2D eigenvalue weighted by Crippen LogP contribution is 2.36. The fraction of sp³-hybridized carbons (Fsp3) is 0.324. The number of rotatable bonds is 6. The highest BCUT2D eigenvalue weighted by atomic mass is 35.5. The lowest BCUT2D eigenvalue weighted by molar-refractivity contribution is -0.137. The lowest BCUT2D eigenvalue weighted by atomic mass is 9.97. The number of piperazine rings is 1. The second kappa shape index (κ2) is 13.2. The Kier molecular flexibility index (Phi) is 9.46. The van der Waals surface area contributed by atoms with Crippen LogP contribution in [0.2, 0.25) is 5.02 Å². The van der Waals surface area contributed by atoms with Gasteiger partial charge in [0.05, 0.1) is 22.0 Å². The Morgan fingerprint density at radius 1 is 1.00 bits per heavy atom. The van der Waals surface area contributed by atoms with E-state index in [2.05, 4.69) is 34.1 Å². The number of amides is 1. The van der Waals surface area contributed by atoms with E-state index in [-0.39, 0.29) is 22.5 Å². The molecule has 1 unspecified atom stereocenters.